The molecule has 1 aromatic heterocycles. The lowest BCUT2D eigenvalue weighted by Crippen LogP contribution is -2.27. The first-order valence-corrected chi connectivity index (χ1v) is 8.12. The molecule has 0 aliphatic rings. The Morgan fingerprint density at radius 2 is 2.00 bits per heavy atom. The maximum Gasteiger partial charge on any atom is 0.330 e. The Bertz CT molecular complexity index is 772. The normalized spacial score (nSPS) is 11.2. The van der Waals surface area contributed by atoms with E-state index in [4.69, 9.17) is 4.74 Å². The van der Waals surface area contributed by atoms with E-state index in [0.29, 0.717) is 12.3 Å². The van der Waals surface area contributed by atoms with E-state index in [9.17, 15) is 9.59 Å². The van der Waals surface area contributed by atoms with E-state index < -0.39 is 5.97 Å². The number of ether oxygens (including phenoxy) is 1. The van der Waals surface area contributed by atoms with E-state index in [1.807, 2.05) is 38.1 Å². The highest BCUT2D eigenvalue weighted by Crippen LogP contribution is 2.23. The number of carbonyl (C=O) groups is 2. The van der Waals surface area contributed by atoms with Crippen LogP contribution in [0.15, 0.2) is 30.3 Å². The van der Waals surface area contributed by atoms with Crippen molar-refractivity contribution in [2.45, 2.75) is 26.7 Å². The van der Waals surface area contributed by atoms with Gasteiger partial charge in [-0.05, 0) is 37.6 Å². The Hall–Kier alpha value is -2.56. The van der Waals surface area contributed by atoms with Crippen LogP contribution in [0, 0.1) is 6.92 Å². The van der Waals surface area contributed by atoms with Crippen LogP contribution in [-0.2, 0) is 9.53 Å². The topological polar surface area (TPSA) is 51.5 Å². The molecule has 24 heavy (non-hydrogen) atoms. The van der Waals surface area contributed by atoms with Gasteiger partial charge in [-0.25, -0.2) is 9.59 Å². The molecule has 5 heteroatoms. The van der Waals surface area contributed by atoms with Crippen LogP contribution in [0.5, 0.6) is 0 Å². The van der Waals surface area contributed by atoms with E-state index in [1.54, 1.807) is 24.7 Å². The fourth-order valence-electron chi connectivity index (χ4n) is 2.41. The average molecular weight is 328 g/mol. The molecule has 0 radical (unpaired) electrons. The number of rotatable bonds is 5. The molecule has 0 saturated heterocycles. The SMILES string of the molecule is CCCCOC(=O)/C=C/c1cc2cc(C)ccc2n1C(=O)N(C)C. The van der Waals surface area contributed by atoms with Gasteiger partial charge in [0, 0.05) is 25.6 Å². The number of hydrogen-bond donors (Lipinski definition) is 0. The van der Waals surface area contributed by atoms with E-state index in [2.05, 4.69) is 0 Å². The molecular formula is C19H24N2O3. The molecule has 1 heterocycles. The number of amides is 1. The van der Waals surface area contributed by atoms with Gasteiger partial charge in [-0.2, -0.15) is 0 Å². The van der Waals surface area contributed by atoms with Gasteiger partial charge in [0.1, 0.15) is 0 Å². The third-order valence-corrected chi connectivity index (χ3v) is 3.69. The molecule has 0 aliphatic heterocycles. The summed E-state index contributed by atoms with van der Waals surface area (Å²) < 4.78 is 6.72. The minimum atomic E-state index is -0.395. The maximum atomic E-state index is 12.5. The zero-order valence-corrected chi connectivity index (χ0v) is 14.7. The number of benzene rings is 1. The third-order valence-electron chi connectivity index (χ3n) is 3.69. The summed E-state index contributed by atoms with van der Waals surface area (Å²) in [4.78, 5) is 25.8. The summed E-state index contributed by atoms with van der Waals surface area (Å²) >= 11 is 0. The Balaban J connectivity index is 2.36. The Morgan fingerprint density at radius 1 is 1.25 bits per heavy atom. The van der Waals surface area contributed by atoms with Crippen molar-refractivity contribution in [1.29, 1.82) is 0 Å². The van der Waals surface area contributed by atoms with Crippen molar-refractivity contribution in [2.24, 2.45) is 0 Å². The molecule has 5 nitrogen and oxygen atoms in total. The standard InChI is InChI=1S/C19H24N2O3/c1-5-6-11-24-18(22)10-8-16-13-15-12-14(2)7-9-17(15)21(16)19(23)20(3)4/h7-10,12-13H,5-6,11H2,1-4H3/b10-8+. The lowest BCUT2D eigenvalue weighted by molar-refractivity contribution is -0.137. The molecule has 0 N–H and O–H groups in total. The number of fused-ring (bicyclic) bond motifs is 1. The Labute approximate surface area is 142 Å². The predicted molar refractivity (Wildman–Crippen MR) is 96.1 cm³/mol. The van der Waals surface area contributed by atoms with Crippen LogP contribution in [0.1, 0.15) is 31.0 Å². The molecule has 1 aromatic carbocycles. The summed E-state index contributed by atoms with van der Waals surface area (Å²) in [5, 5.41) is 0.962. The summed E-state index contributed by atoms with van der Waals surface area (Å²) in [7, 11) is 3.41. The van der Waals surface area contributed by atoms with Crippen LogP contribution in [0.3, 0.4) is 0 Å². The fourth-order valence-corrected chi connectivity index (χ4v) is 2.41. The monoisotopic (exact) mass is 328 g/mol. The van der Waals surface area contributed by atoms with E-state index in [0.717, 1.165) is 29.3 Å². The molecule has 0 atom stereocenters. The van der Waals surface area contributed by atoms with Gasteiger partial charge in [-0.1, -0.05) is 25.0 Å². The first-order valence-electron chi connectivity index (χ1n) is 8.12. The van der Waals surface area contributed by atoms with Gasteiger partial charge in [0.2, 0.25) is 0 Å². The van der Waals surface area contributed by atoms with Gasteiger partial charge in [0.05, 0.1) is 17.8 Å². The summed E-state index contributed by atoms with van der Waals surface area (Å²) in [6.07, 6.45) is 4.82. The number of carbonyl (C=O) groups excluding carboxylic acids is 2. The third kappa shape index (κ3) is 4.04. The van der Waals surface area contributed by atoms with Crippen LogP contribution in [0.4, 0.5) is 4.79 Å². The van der Waals surface area contributed by atoms with Gasteiger partial charge >= 0.3 is 12.0 Å². The number of aryl methyl sites for hydroxylation is 1. The lowest BCUT2D eigenvalue weighted by Gasteiger charge is -2.14. The van der Waals surface area contributed by atoms with Crippen molar-refractivity contribution in [3.8, 4) is 0 Å². The molecule has 0 aliphatic carbocycles. The van der Waals surface area contributed by atoms with Crippen molar-refractivity contribution >= 4 is 29.0 Å². The molecule has 0 saturated carbocycles. The second kappa shape index (κ2) is 7.81. The van der Waals surface area contributed by atoms with Gasteiger partial charge in [-0.3, -0.25) is 4.57 Å². The van der Waals surface area contributed by atoms with Crippen molar-refractivity contribution < 1.29 is 14.3 Å². The Kier molecular flexibility index (Phi) is 5.79. The maximum absolute atomic E-state index is 12.5. The molecule has 0 unspecified atom stereocenters. The zero-order valence-electron chi connectivity index (χ0n) is 14.7. The van der Waals surface area contributed by atoms with Gasteiger partial charge in [-0.15, -0.1) is 0 Å². The Morgan fingerprint density at radius 3 is 2.67 bits per heavy atom. The summed E-state index contributed by atoms with van der Waals surface area (Å²) in [6.45, 7) is 4.46. The summed E-state index contributed by atoms with van der Waals surface area (Å²) in [5.74, 6) is -0.395. The van der Waals surface area contributed by atoms with Gasteiger partial charge in [0.25, 0.3) is 0 Å². The number of esters is 1. The van der Waals surface area contributed by atoms with Crippen LogP contribution >= 0.6 is 0 Å². The van der Waals surface area contributed by atoms with Crippen molar-refractivity contribution in [3.63, 3.8) is 0 Å². The number of aromatic nitrogens is 1. The van der Waals surface area contributed by atoms with Crippen molar-refractivity contribution in [2.75, 3.05) is 20.7 Å². The lowest BCUT2D eigenvalue weighted by atomic mass is 10.2. The zero-order chi connectivity index (χ0) is 17.7. The first kappa shape index (κ1) is 17.8. The number of unbranched alkanes of at least 4 members (excludes halogenated alkanes) is 1. The molecule has 1 amide bonds. The van der Waals surface area contributed by atoms with Gasteiger partial charge in [0.15, 0.2) is 0 Å². The molecule has 2 aromatic rings. The van der Waals surface area contributed by atoms with Crippen molar-refractivity contribution in [3.05, 3.63) is 41.6 Å². The molecule has 0 bridgehead atoms. The average Bonchev–Trinajstić information content (AvgIpc) is 2.89. The highest BCUT2D eigenvalue weighted by Gasteiger charge is 2.15. The molecule has 0 spiro atoms. The largest absolute Gasteiger partial charge is 0.463 e. The van der Waals surface area contributed by atoms with Crippen molar-refractivity contribution in [1.82, 2.24) is 9.47 Å². The molecule has 2 rings (SSSR count). The smallest absolute Gasteiger partial charge is 0.330 e. The van der Waals surface area contributed by atoms with Crippen LogP contribution in [0.25, 0.3) is 17.0 Å². The number of hydrogen-bond acceptors (Lipinski definition) is 3. The van der Waals surface area contributed by atoms with Crippen LogP contribution in [0.2, 0.25) is 0 Å². The van der Waals surface area contributed by atoms with E-state index in [-0.39, 0.29) is 6.03 Å². The number of nitrogens with zero attached hydrogens (tertiary/aromatic N) is 2. The highest BCUT2D eigenvalue weighted by atomic mass is 16.5. The second-order valence-corrected chi connectivity index (χ2v) is 6.00. The minimum Gasteiger partial charge on any atom is -0.463 e. The van der Waals surface area contributed by atoms with Crippen LogP contribution in [-0.4, -0.2) is 42.2 Å². The summed E-state index contributed by atoms with van der Waals surface area (Å²) in [6, 6.07) is 7.65. The van der Waals surface area contributed by atoms with E-state index in [1.165, 1.54) is 11.0 Å². The van der Waals surface area contributed by atoms with Crippen LogP contribution < -0.4 is 0 Å². The molecular weight excluding hydrogens is 304 g/mol. The highest BCUT2D eigenvalue weighted by molar-refractivity contribution is 5.96. The molecule has 0 fully saturated rings. The summed E-state index contributed by atoms with van der Waals surface area (Å²) in [5.41, 5.74) is 2.59. The van der Waals surface area contributed by atoms with E-state index >= 15 is 0 Å². The minimum absolute atomic E-state index is 0.159. The molecule has 128 valence electrons. The van der Waals surface area contributed by atoms with Gasteiger partial charge < -0.3 is 9.64 Å². The quantitative estimate of drug-likeness (QED) is 0.476. The predicted octanol–water partition coefficient (Wildman–Crippen LogP) is 3.84. The second-order valence-electron chi connectivity index (χ2n) is 6.00. The fraction of sp³-hybridized carbons (Fsp3) is 0.368. The first-order chi connectivity index (χ1) is 11.4.